The molecule has 1 saturated carbocycles. The molecule has 0 heterocycles. The molecule has 0 radical (unpaired) electrons. The Bertz CT molecular complexity index is 220. The Labute approximate surface area is 71.1 Å². The molecule has 2 atom stereocenters. The molecule has 12 heavy (non-hydrogen) atoms. The number of Topliss-reactive ketones (excluding diaryl/α,β-unsaturated/α-hetero) is 1. The fraction of sp³-hybridized carbons (Fsp3) is 0.556. The van der Waals surface area contributed by atoms with Gasteiger partial charge in [0, 0.05) is 12.3 Å². The molecule has 3 heteroatoms. The summed E-state index contributed by atoms with van der Waals surface area (Å²) in [6.45, 7) is 3.51. The summed E-state index contributed by atoms with van der Waals surface area (Å²) in [5, 5.41) is 8.74. The fourth-order valence-electron chi connectivity index (χ4n) is 1.68. The monoisotopic (exact) mass is 168 g/mol. The third-order valence-corrected chi connectivity index (χ3v) is 2.34. The molecule has 0 aromatic heterocycles. The number of carbonyl (C=O) groups is 2. The summed E-state index contributed by atoms with van der Waals surface area (Å²) < 4.78 is 0. The van der Waals surface area contributed by atoms with E-state index in [1.54, 1.807) is 6.08 Å². The van der Waals surface area contributed by atoms with Crippen molar-refractivity contribution in [2.24, 2.45) is 11.8 Å². The van der Waals surface area contributed by atoms with E-state index in [9.17, 15) is 9.59 Å². The van der Waals surface area contributed by atoms with Crippen LogP contribution in [-0.4, -0.2) is 16.9 Å². The zero-order valence-electron chi connectivity index (χ0n) is 6.82. The maximum Gasteiger partial charge on any atom is 0.307 e. The fourth-order valence-corrected chi connectivity index (χ4v) is 1.68. The van der Waals surface area contributed by atoms with Crippen molar-refractivity contribution in [2.75, 3.05) is 0 Å². The maximum absolute atomic E-state index is 11.2. The molecule has 1 aliphatic carbocycles. The normalized spacial score (nSPS) is 28.8. The van der Waals surface area contributed by atoms with Gasteiger partial charge in [-0.15, -0.1) is 6.58 Å². The number of hydrogen-bond donors (Lipinski definition) is 1. The summed E-state index contributed by atoms with van der Waals surface area (Å²) in [4.78, 5) is 21.8. The first-order valence-electron chi connectivity index (χ1n) is 4.03. The van der Waals surface area contributed by atoms with Gasteiger partial charge in [-0.05, 0) is 12.8 Å². The molecule has 1 fully saturated rings. The number of allylic oxidation sites excluding steroid dienone is 1. The highest BCUT2D eigenvalue weighted by atomic mass is 16.4. The third-order valence-electron chi connectivity index (χ3n) is 2.34. The minimum Gasteiger partial charge on any atom is -0.481 e. The standard InChI is InChI=1S/C9H12O3/c1-2-3-6-7(9(11)12)4-5-8(6)10/h2,6-7H,1,3-5H2,(H,11,12)/t6-,7+/m0/s1. The summed E-state index contributed by atoms with van der Waals surface area (Å²) in [6, 6.07) is 0. The highest BCUT2D eigenvalue weighted by molar-refractivity contribution is 5.89. The average Bonchev–Trinajstić information content (AvgIpc) is 2.34. The van der Waals surface area contributed by atoms with Crippen molar-refractivity contribution in [3.63, 3.8) is 0 Å². The van der Waals surface area contributed by atoms with Crippen LogP contribution in [0.3, 0.4) is 0 Å². The lowest BCUT2D eigenvalue weighted by Crippen LogP contribution is -2.21. The summed E-state index contributed by atoms with van der Waals surface area (Å²) in [7, 11) is 0. The zero-order valence-corrected chi connectivity index (χ0v) is 6.82. The van der Waals surface area contributed by atoms with Gasteiger partial charge in [0.1, 0.15) is 5.78 Å². The molecule has 3 nitrogen and oxygen atoms in total. The van der Waals surface area contributed by atoms with E-state index >= 15 is 0 Å². The quantitative estimate of drug-likeness (QED) is 0.645. The van der Waals surface area contributed by atoms with Crippen molar-refractivity contribution in [2.45, 2.75) is 19.3 Å². The van der Waals surface area contributed by atoms with Gasteiger partial charge in [0.25, 0.3) is 0 Å². The van der Waals surface area contributed by atoms with Crippen LogP contribution in [-0.2, 0) is 9.59 Å². The number of carbonyl (C=O) groups excluding carboxylic acids is 1. The molecule has 0 bridgehead atoms. The lowest BCUT2D eigenvalue weighted by atomic mass is 9.92. The van der Waals surface area contributed by atoms with Crippen LogP contribution in [0.2, 0.25) is 0 Å². The van der Waals surface area contributed by atoms with Crippen LogP contribution in [0.5, 0.6) is 0 Å². The average molecular weight is 168 g/mol. The lowest BCUT2D eigenvalue weighted by Gasteiger charge is -2.10. The molecule has 1 aliphatic rings. The van der Waals surface area contributed by atoms with E-state index in [0.717, 1.165) is 0 Å². The van der Waals surface area contributed by atoms with Crippen molar-refractivity contribution in [1.29, 1.82) is 0 Å². The Morgan fingerprint density at radius 3 is 2.92 bits per heavy atom. The van der Waals surface area contributed by atoms with Crippen molar-refractivity contribution in [1.82, 2.24) is 0 Å². The zero-order chi connectivity index (χ0) is 9.14. The first-order chi connectivity index (χ1) is 5.66. The van der Waals surface area contributed by atoms with Gasteiger partial charge in [0.15, 0.2) is 0 Å². The maximum atomic E-state index is 11.2. The van der Waals surface area contributed by atoms with Crippen LogP contribution >= 0.6 is 0 Å². The van der Waals surface area contributed by atoms with Gasteiger partial charge >= 0.3 is 5.97 Å². The van der Waals surface area contributed by atoms with E-state index in [1.165, 1.54) is 0 Å². The van der Waals surface area contributed by atoms with Crippen molar-refractivity contribution in [3.8, 4) is 0 Å². The van der Waals surface area contributed by atoms with Gasteiger partial charge in [-0.3, -0.25) is 9.59 Å². The Morgan fingerprint density at radius 1 is 1.75 bits per heavy atom. The molecule has 1 N–H and O–H groups in total. The minimum absolute atomic E-state index is 0.0716. The van der Waals surface area contributed by atoms with E-state index in [0.29, 0.717) is 19.3 Å². The minimum atomic E-state index is -0.854. The van der Waals surface area contributed by atoms with Crippen LogP contribution in [0.15, 0.2) is 12.7 Å². The second-order valence-corrected chi connectivity index (χ2v) is 3.08. The van der Waals surface area contributed by atoms with Crippen molar-refractivity contribution in [3.05, 3.63) is 12.7 Å². The van der Waals surface area contributed by atoms with Crippen LogP contribution < -0.4 is 0 Å². The van der Waals surface area contributed by atoms with E-state index in [2.05, 4.69) is 6.58 Å². The molecule has 66 valence electrons. The Kier molecular flexibility index (Phi) is 2.63. The van der Waals surface area contributed by atoms with Gasteiger partial charge in [-0.1, -0.05) is 6.08 Å². The number of ketones is 1. The van der Waals surface area contributed by atoms with Gasteiger partial charge in [0.2, 0.25) is 0 Å². The predicted molar refractivity (Wildman–Crippen MR) is 43.7 cm³/mol. The van der Waals surface area contributed by atoms with E-state index in [4.69, 9.17) is 5.11 Å². The van der Waals surface area contributed by atoms with Crippen molar-refractivity contribution < 1.29 is 14.7 Å². The number of carboxylic acids is 1. The topological polar surface area (TPSA) is 54.4 Å². The smallest absolute Gasteiger partial charge is 0.307 e. The number of rotatable bonds is 3. The molecule has 0 spiro atoms. The van der Waals surface area contributed by atoms with Gasteiger partial charge in [-0.2, -0.15) is 0 Å². The summed E-state index contributed by atoms with van der Waals surface area (Å²) in [6.07, 6.45) is 3.02. The molecule has 0 aliphatic heterocycles. The third kappa shape index (κ3) is 1.55. The first-order valence-corrected chi connectivity index (χ1v) is 4.03. The summed E-state index contributed by atoms with van der Waals surface area (Å²) in [5.41, 5.74) is 0. The summed E-state index contributed by atoms with van der Waals surface area (Å²) >= 11 is 0. The highest BCUT2D eigenvalue weighted by Gasteiger charge is 2.38. The molecule has 0 saturated heterocycles. The largest absolute Gasteiger partial charge is 0.481 e. The molecule has 1 rings (SSSR count). The molecular weight excluding hydrogens is 156 g/mol. The van der Waals surface area contributed by atoms with Crippen LogP contribution in [0.1, 0.15) is 19.3 Å². The van der Waals surface area contributed by atoms with Crippen LogP contribution in [0, 0.1) is 11.8 Å². The number of aliphatic carboxylic acids is 1. The summed E-state index contributed by atoms with van der Waals surface area (Å²) in [5.74, 6) is -1.58. The Hall–Kier alpha value is -1.12. The molecule has 0 aromatic rings. The SMILES string of the molecule is C=CC[C@@H]1C(=O)CC[C@H]1C(=O)O. The predicted octanol–water partition coefficient (Wildman–Crippen LogP) is 1.24. The van der Waals surface area contributed by atoms with Crippen LogP contribution in [0.4, 0.5) is 0 Å². The molecule has 0 unspecified atom stereocenters. The highest BCUT2D eigenvalue weighted by Crippen LogP contribution is 2.31. The number of carboxylic acid groups (broad SMARTS) is 1. The van der Waals surface area contributed by atoms with Gasteiger partial charge in [-0.25, -0.2) is 0 Å². The molecule has 0 amide bonds. The van der Waals surface area contributed by atoms with Crippen LogP contribution in [0.25, 0.3) is 0 Å². The molecular formula is C9H12O3. The van der Waals surface area contributed by atoms with E-state index < -0.39 is 11.9 Å². The van der Waals surface area contributed by atoms with E-state index in [1.807, 2.05) is 0 Å². The first kappa shape index (κ1) is 8.97. The Morgan fingerprint density at radius 2 is 2.42 bits per heavy atom. The van der Waals surface area contributed by atoms with E-state index in [-0.39, 0.29) is 11.7 Å². The van der Waals surface area contributed by atoms with Gasteiger partial charge in [0.05, 0.1) is 5.92 Å². The Balaban J connectivity index is 2.69. The molecule has 0 aromatic carbocycles. The lowest BCUT2D eigenvalue weighted by molar-refractivity contribution is -0.144. The van der Waals surface area contributed by atoms with Crippen molar-refractivity contribution >= 4 is 11.8 Å². The number of hydrogen-bond acceptors (Lipinski definition) is 2. The van der Waals surface area contributed by atoms with Gasteiger partial charge < -0.3 is 5.11 Å². The second-order valence-electron chi connectivity index (χ2n) is 3.08. The second kappa shape index (κ2) is 3.52.